The van der Waals surface area contributed by atoms with Gasteiger partial charge in [0.1, 0.15) is 6.29 Å². The molecule has 1 N–H and O–H groups in total. The SMILES string of the molecule is Cc1cc(C)cc(C2CCCC(C=O)N2)c1. The zero-order chi connectivity index (χ0) is 11.5. The molecule has 2 heteroatoms. The largest absolute Gasteiger partial charge is 0.302 e. The summed E-state index contributed by atoms with van der Waals surface area (Å²) in [5.41, 5.74) is 3.92. The number of hydrogen-bond donors (Lipinski definition) is 1. The van der Waals surface area contributed by atoms with Crippen LogP contribution in [0.5, 0.6) is 0 Å². The number of piperidine rings is 1. The highest BCUT2D eigenvalue weighted by Crippen LogP contribution is 2.26. The normalized spacial score (nSPS) is 25.4. The van der Waals surface area contributed by atoms with E-state index in [0.29, 0.717) is 6.04 Å². The van der Waals surface area contributed by atoms with Gasteiger partial charge in [-0.15, -0.1) is 0 Å². The fourth-order valence-electron chi connectivity index (χ4n) is 2.55. The summed E-state index contributed by atoms with van der Waals surface area (Å²) in [6.45, 7) is 4.24. The van der Waals surface area contributed by atoms with E-state index >= 15 is 0 Å². The van der Waals surface area contributed by atoms with Gasteiger partial charge < -0.3 is 10.1 Å². The van der Waals surface area contributed by atoms with E-state index in [0.717, 1.165) is 25.5 Å². The van der Waals surface area contributed by atoms with E-state index in [4.69, 9.17) is 0 Å². The number of benzene rings is 1. The Bertz CT molecular complexity index is 366. The van der Waals surface area contributed by atoms with Crippen molar-refractivity contribution in [2.45, 2.75) is 45.2 Å². The average Bonchev–Trinajstić information content (AvgIpc) is 2.28. The molecule has 1 heterocycles. The highest BCUT2D eigenvalue weighted by atomic mass is 16.1. The molecule has 1 saturated heterocycles. The highest BCUT2D eigenvalue weighted by Gasteiger charge is 2.21. The smallest absolute Gasteiger partial charge is 0.136 e. The Hall–Kier alpha value is -1.15. The number of hydrogen-bond acceptors (Lipinski definition) is 2. The van der Waals surface area contributed by atoms with Crippen molar-refractivity contribution in [2.24, 2.45) is 0 Å². The third-order valence-corrected chi connectivity index (χ3v) is 3.23. The molecule has 2 unspecified atom stereocenters. The van der Waals surface area contributed by atoms with Gasteiger partial charge in [-0.2, -0.15) is 0 Å². The van der Waals surface area contributed by atoms with Gasteiger partial charge in [0.2, 0.25) is 0 Å². The van der Waals surface area contributed by atoms with Crippen LogP contribution < -0.4 is 5.32 Å². The predicted octanol–water partition coefficient (Wildman–Crippen LogP) is 2.69. The van der Waals surface area contributed by atoms with E-state index in [2.05, 4.69) is 37.4 Å². The summed E-state index contributed by atoms with van der Waals surface area (Å²) in [5.74, 6) is 0. The van der Waals surface area contributed by atoms with Crippen LogP contribution in [0.3, 0.4) is 0 Å². The Morgan fingerprint density at radius 3 is 2.50 bits per heavy atom. The van der Waals surface area contributed by atoms with Crippen LogP contribution in [0.15, 0.2) is 18.2 Å². The maximum absolute atomic E-state index is 10.8. The number of nitrogens with one attached hydrogen (secondary N) is 1. The lowest BCUT2D eigenvalue weighted by Crippen LogP contribution is -2.37. The van der Waals surface area contributed by atoms with Crippen LogP contribution in [-0.2, 0) is 4.79 Å². The van der Waals surface area contributed by atoms with E-state index in [9.17, 15) is 4.79 Å². The van der Waals surface area contributed by atoms with Gasteiger partial charge in [-0.05, 0) is 38.7 Å². The van der Waals surface area contributed by atoms with Crippen molar-refractivity contribution in [3.8, 4) is 0 Å². The van der Waals surface area contributed by atoms with E-state index in [-0.39, 0.29) is 6.04 Å². The van der Waals surface area contributed by atoms with Crippen LogP contribution in [0.2, 0.25) is 0 Å². The zero-order valence-electron chi connectivity index (χ0n) is 9.99. The van der Waals surface area contributed by atoms with Crippen molar-refractivity contribution in [1.29, 1.82) is 0 Å². The molecule has 1 fully saturated rings. The molecule has 2 atom stereocenters. The van der Waals surface area contributed by atoms with Gasteiger partial charge in [0.25, 0.3) is 0 Å². The monoisotopic (exact) mass is 217 g/mol. The number of aldehydes is 1. The van der Waals surface area contributed by atoms with E-state index in [1.165, 1.54) is 16.7 Å². The molecule has 1 aliphatic heterocycles. The minimum absolute atomic E-state index is 0.0413. The van der Waals surface area contributed by atoms with Crippen molar-refractivity contribution in [2.75, 3.05) is 0 Å². The van der Waals surface area contributed by atoms with Crippen molar-refractivity contribution in [3.05, 3.63) is 34.9 Å². The predicted molar refractivity (Wildman–Crippen MR) is 65.5 cm³/mol. The summed E-state index contributed by atoms with van der Waals surface area (Å²) < 4.78 is 0. The molecule has 0 aromatic heterocycles. The summed E-state index contributed by atoms with van der Waals surface area (Å²) in [6.07, 6.45) is 4.28. The quantitative estimate of drug-likeness (QED) is 0.772. The fraction of sp³-hybridized carbons (Fsp3) is 0.500. The maximum atomic E-state index is 10.8. The molecule has 0 radical (unpaired) electrons. The summed E-state index contributed by atoms with van der Waals surface area (Å²) in [4.78, 5) is 10.8. The number of rotatable bonds is 2. The second-order valence-electron chi connectivity index (χ2n) is 4.81. The van der Waals surface area contributed by atoms with Gasteiger partial charge in [0.15, 0.2) is 0 Å². The molecule has 1 aromatic rings. The van der Waals surface area contributed by atoms with E-state index in [1.807, 2.05) is 0 Å². The first-order chi connectivity index (χ1) is 7.69. The van der Waals surface area contributed by atoms with Crippen LogP contribution >= 0.6 is 0 Å². The zero-order valence-corrected chi connectivity index (χ0v) is 9.99. The molecular weight excluding hydrogens is 198 g/mol. The molecule has 0 spiro atoms. The second kappa shape index (κ2) is 4.79. The topological polar surface area (TPSA) is 29.1 Å². The molecule has 0 amide bonds. The minimum Gasteiger partial charge on any atom is -0.302 e. The van der Waals surface area contributed by atoms with Crippen molar-refractivity contribution in [1.82, 2.24) is 5.32 Å². The third-order valence-electron chi connectivity index (χ3n) is 3.23. The first kappa shape index (κ1) is 11.3. The fourth-order valence-corrected chi connectivity index (χ4v) is 2.55. The molecule has 86 valence electrons. The molecule has 2 nitrogen and oxygen atoms in total. The second-order valence-corrected chi connectivity index (χ2v) is 4.81. The standard InChI is InChI=1S/C14H19NO/c1-10-6-11(2)8-12(7-10)14-5-3-4-13(9-16)15-14/h6-9,13-15H,3-5H2,1-2H3. The van der Waals surface area contributed by atoms with Gasteiger partial charge in [0, 0.05) is 6.04 Å². The van der Waals surface area contributed by atoms with Crippen LogP contribution in [0.25, 0.3) is 0 Å². The van der Waals surface area contributed by atoms with Gasteiger partial charge >= 0.3 is 0 Å². The first-order valence-corrected chi connectivity index (χ1v) is 5.98. The molecule has 0 aliphatic carbocycles. The molecule has 16 heavy (non-hydrogen) atoms. The van der Waals surface area contributed by atoms with E-state index < -0.39 is 0 Å². The molecule has 1 aliphatic rings. The molecule has 0 bridgehead atoms. The van der Waals surface area contributed by atoms with Crippen LogP contribution in [-0.4, -0.2) is 12.3 Å². The van der Waals surface area contributed by atoms with Crippen molar-refractivity contribution in [3.63, 3.8) is 0 Å². The van der Waals surface area contributed by atoms with Crippen LogP contribution in [0, 0.1) is 13.8 Å². The molecule has 1 aromatic carbocycles. The number of carbonyl (C=O) groups excluding carboxylic acids is 1. The minimum atomic E-state index is 0.0413. The first-order valence-electron chi connectivity index (χ1n) is 5.98. The Morgan fingerprint density at radius 1 is 1.19 bits per heavy atom. The molecule has 0 saturated carbocycles. The Morgan fingerprint density at radius 2 is 1.88 bits per heavy atom. The van der Waals surface area contributed by atoms with Gasteiger partial charge in [-0.1, -0.05) is 29.3 Å². The summed E-state index contributed by atoms with van der Waals surface area (Å²) in [5, 5.41) is 3.41. The Balaban J connectivity index is 2.19. The number of carbonyl (C=O) groups is 1. The number of aryl methyl sites for hydroxylation is 2. The highest BCUT2D eigenvalue weighted by molar-refractivity contribution is 5.57. The van der Waals surface area contributed by atoms with Gasteiger partial charge in [-0.25, -0.2) is 0 Å². The summed E-state index contributed by atoms with van der Waals surface area (Å²) >= 11 is 0. The average molecular weight is 217 g/mol. The van der Waals surface area contributed by atoms with Crippen LogP contribution in [0.4, 0.5) is 0 Å². The third kappa shape index (κ3) is 2.50. The lowest BCUT2D eigenvalue weighted by atomic mass is 9.92. The Labute approximate surface area is 97.1 Å². The molecule has 2 rings (SSSR count). The van der Waals surface area contributed by atoms with Crippen molar-refractivity contribution < 1.29 is 4.79 Å². The maximum Gasteiger partial charge on any atom is 0.136 e. The summed E-state index contributed by atoms with van der Waals surface area (Å²) in [7, 11) is 0. The van der Waals surface area contributed by atoms with E-state index in [1.54, 1.807) is 0 Å². The Kier molecular flexibility index (Phi) is 3.39. The van der Waals surface area contributed by atoms with Gasteiger partial charge in [-0.3, -0.25) is 0 Å². The lowest BCUT2D eigenvalue weighted by Gasteiger charge is -2.28. The molecular formula is C14H19NO. The van der Waals surface area contributed by atoms with Gasteiger partial charge in [0.05, 0.1) is 6.04 Å². The van der Waals surface area contributed by atoms with Crippen LogP contribution in [0.1, 0.15) is 42.0 Å². The lowest BCUT2D eigenvalue weighted by molar-refractivity contribution is -0.110. The van der Waals surface area contributed by atoms with Crippen molar-refractivity contribution >= 4 is 6.29 Å². The summed E-state index contributed by atoms with van der Waals surface area (Å²) in [6, 6.07) is 7.02.